The predicted molar refractivity (Wildman–Crippen MR) is 109 cm³/mol. The lowest BCUT2D eigenvalue weighted by atomic mass is 10.2. The van der Waals surface area contributed by atoms with Gasteiger partial charge in [0.2, 0.25) is 11.6 Å². The van der Waals surface area contributed by atoms with E-state index in [0.29, 0.717) is 18.1 Å². The largest absolute Gasteiger partial charge is 0.416 e. The summed E-state index contributed by atoms with van der Waals surface area (Å²) in [6.45, 7) is 8.61. The smallest absolute Gasteiger partial charge is 0.391 e. The summed E-state index contributed by atoms with van der Waals surface area (Å²) in [6.07, 6.45) is 0.498. The van der Waals surface area contributed by atoms with Crippen LogP contribution in [-0.4, -0.2) is 47.4 Å². The number of ether oxygens (including phenoxy) is 1. The van der Waals surface area contributed by atoms with Crippen LogP contribution in [0.15, 0.2) is 6.07 Å². The van der Waals surface area contributed by atoms with Crippen molar-refractivity contribution in [2.75, 3.05) is 26.5 Å². The van der Waals surface area contributed by atoms with E-state index in [1.165, 1.54) is 4.90 Å². The third-order valence-corrected chi connectivity index (χ3v) is 8.59. The maximum absolute atomic E-state index is 11.8. The molecule has 1 heterocycles. The maximum atomic E-state index is 11.8. The van der Waals surface area contributed by atoms with Crippen LogP contribution in [0.2, 0.25) is 0 Å². The quantitative estimate of drug-likeness (QED) is 0.508. The van der Waals surface area contributed by atoms with E-state index >= 15 is 0 Å². The van der Waals surface area contributed by atoms with Crippen molar-refractivity contribution >= 4 is 35.0 Å². The SMILES string of the molecule is CCCS[P@@](=S)(OCC)OCc1cc(OC(=O)N(C)C)nc(C(C)C)n1. The van der Waals surface area contributed by atoms with E-state index in [-0.39, 0.29) is 18.4 Å². The topological polar surface area (TPSA) is 73.8 Å². The van der Waals surface area contributed by atoms with Crippen LogP contribution in [-0.2, 0) is 27.5 Å². The molecule has 148 valence electrons. The lowest BCUT2D eigenvalue weighted by molar-refractivity contribution is 0.169. The lowest BCUT2D eigenvalue weighted by Gasteiger charge is -2.20. The van der Waals surface area contributed by atoms with Crippen molar-refractivity contribution in [2.24, 2.45) is 0 Å². The summed E-state index contributed by atoms with van der Waals surface area (Å²) in [5.74, 6) is 1.74. The summed E-state index contributed by atoms with van der Waals surface area (Å²) in [7, 11) is 3.22. The molecule has 0 aliphatic rings. The van der Waals surface area contributed by atoms with Crippen LogP contribution >= 0.6 is 17.1 Å². The molecular formula is C16H28N3O4PS2. The Balaban J connectivity index is 2.97. The molecule has 0 unspecified atom stereocenters. The van der Waals surface area contributed by atoms with Gasteiger partial charge in [-0.25, -0.2) is 9.78 Å². The first-order valence-corrected chi connectivity index (χ1v) is 12.7. The molecule has 0 saturated carbocycles. The normalized spacial score (nSPS) is 13.5. The minimum Gasteiger partial charge on any atom is -0.391 e. The molecule has 0 aliphatic carbocycles. The Morgan fingerprint density at radius 1 is 1.31 bits per heavy atom. The van der Waals surface area contributed by atoms with Gasteiger partial charge >= 0.3 is 6.09 Å². The zero-order valence-electron chi connectivity index (χ0n) is 16.2. The number of nitrogens with zero attached hydrogens (tertiary/aromatic N) is 3. The van der Waals surface area contributed by atoms with Gasteiger partial charge in [0.1, 0.15) is 5.82 Å². The highest BCUT2D eigenvalue weighted by Crippen LogP contribution is 2.61. The van der Waals surface area contributed by atoms with Crippen molar-refractivity contribution in [1.29, 1.82) is 0 Å². The first-order chi connectivity index (χ1) is 12.2. The number of carbonyl (C=O) groups excluding carboxylic acids is 1. The number of amides is 1. The van der Waals surface area contributed by atoms with E-state index in [0.717, 1.165) is 12.2 Å². The maximum Gasteiger partial charge on any atom is 0.416 e. The van der Waals surface area contributed by atoms with E-state index in [1.807, 2.05) is 20.8 Å². The Kier molecular flexibility index (Phi) is 10.0. The molecule has 10 heteroatoms. The molecule has 0 bridgehead atoms. The molecule has 0 N–H and O–H groups in total. The fraction of sp³-hybridized carbons (Fsp3) is 0.688. The minimum atomic E-state index is -2.42. The monoisotopic (exact) mass is 421 g/mol. The predicted octanol–water partition coefficient (Wildman–Crippen LogP) is 4.58. The average molecular weight is 422 g/mol. The van der Waals surface area contributed by atoms with Gasteiger partial charge in [-0.15, -0.1) is 0 Å². The van der Waals surface area contributed by atoms with Crippen LogP contribution in [0.25, 0.3) is 0 Å². The average Bonchev–Trinajstić information content (AvgIpc) is 2.58. The molecule has 26 heavy (non-hydrogen) atoms. The van der Waals surface area contributed by atoms with Gasteiger partial charge in [0.25, 0.3) is 0 Å². The zero-order valence-corrected chi connectivity index (χ0v) is 18.7. The van der Waals surface area contributed by atoms with Gasteiger partial charge in [-0.3, -0.25) is 0 Å². The van der Waals surface area contributed by atoms with Gasteiger partial charge in [-0.1, -0.05) is 32.2 Å². The van der Waals surface area contributed by atoms with Crippen LogP contribution in [0.4, 0.5) is 4.79 Å². The highest BCUT2D eigenvalue weighted by atomic mass is 32.9. The molecule has 0 saturated heterocycles. The van der Waals surface area contributed by atoms with Gasteiger partial charge in [0, 0.05) is 31.8 Å². The summed E-state index contributed by atoms with van der Waals surface area (Å²) in [5.41, 5.74) is -1.82. The van der Waals surface area contributed by atoms with Crippen LogP contribution in [0, 0.1) is 0 Å². The van der Waals surface area contributed by atoms with Crippen LogP contribution in [0.3, 0.4) is 0 Å². The standard InChI is InChI=1S/C16H28N3O4PS2/c1-7-9-26-24(25,21-8-2)22-11-13-10-14(23-16(20)19(5)6)18-15(17-13)12(3)4/h10,12H,7-9,11H2,1-6H3/t24-/m0/s1. The molecular weight excluding hydrogens is 393 g/mol. The van der Waals surface area contributed by atoms with Crippen molar-refractivity contribution in [3.05, 3.63) is 17.6 Å². The van der Waals surface area contributed by atoms with Gasteiger partial charge in [-0.05, 0) is 25.2 Å². The van der Waals surface area contributed by atoms with E-state index < -0.39 is 11.8 Å². The summed E-state index contributed by atoms with van der Waals surface area (Å²) < 4.78 is 16.9. The Morgan fingerprint density at radius 3 is 2.54 bits per heavy atom. The third kappa shape index (κ3) is 7.88. The van der Waals surface area contributed by atoms with Crippen molar-refractivity contribution in [3.63, 3.8) is 0 Å². The fourth-order valence-corrected chi connectivity index (χ4v) is 6.20. The molecule has 0 spiro atoms. The van der Waals surface area contributed by atoms with Gasteiger partial charge in [-0.2, -0.15) is 4.98 Å². The van der Waals surface area contributed by atoms with Crippen LogP contribution in [0.5, 0.6) is 5.88 Å². The molecule has 7 nitrogen and oxygen atoms in total. The highest BCUT2D eigenvalue weighted by molar-refractivity contribution is 8.67. The summed E-state index contributed by atoms with van der Waals surface area (Å²) in [5, 5.41) is 0. The Morgan fingerprint density at radius 2 is 2.00 bits per heavy atom. The van der Waals surface area contributed by atoms with Gasteiger partial charge in [0.15, 0.2) is 0 Å². The summed E-state index contributed by atoms with van der Waals surface area (Å²) in [6, 6.07) is 1.60. The van der Waals surface area contributed by atoms with Crippen molar-refractivity contribution < 1.29 is 18.6 Å². The fourth-order valence-electron chi connectivity index (χ4n) is 1.68. The number of aromatic nitrogens is 2. The number of rotatable bonds is 10. The van der Waals surface area contributed by atoms with Crippen LogP contribution in [0.1, 0.15) is 51.6 Å². The van der Waals surface area contributed by atoms with E-state index in [1.54, 1.807) is 31.5 Å². The summed E-state index contributed by atoms with van der Waals surface area (Å²) >= 11 is 7.12. The summed E-state index contributed by atoms with van der Waals surface area (Å²) in [4.78, 5) is 21.9. The molecule has 0 fully saturated rings. The molecule has 1 amide bonds. The number of hydrogen-bond acceptors (Lipinski definition) is 8. The molecule has 1 rings (SSSR count). The van der Waals surface area contributed by atoms with Gasteiger partial charge in [0.05, 0.1) is 18.9 Å². The Labute approximate surface area is 165 Å². The highest BCUT2D eigenvalue weighted by Gasteiger charge is 2.21. The molecule has 0 aromatic carbocycles. The van der Waals surface area contributed by atoms with E-state index in [4.69, 9.17) is 25.6 Å². The molecule has 1 atom stereocenters. The first kappa shape index (κ1) is 23.3. The molecule has 1 aromatic heterocycles. The van der Waals surface area contributed by atoms with E-state index in [2.05, 4.69) is 16.9 Å². The van der Waals surface area contributed by atoms with Crippen molar-refractivity contribution in [1.82, 2.24) is 14.9 Å². The molecule has 0 radical (unpaired) electrons. The number of carbonyl (C=O) groups is 1. The van der Waals surface area contributed by atoms with E-state index in [9.17, 15) is 4.79 Å². The lowest BCUT2D eigenvalue weighted by Crippen LogP contribution is -2.26. The first-order valence-electron chi connectivity index (χ1n) is 8.51. The number of hydrogen-bond donors (Lipinski definition) is 0. The second-order valence-electron chi connectivity index (χ2n) is 5.94. The second kappa shape index (κ2) is 11.2. The van der Waals surface area contributed by atoms with Crippen molar-refractivity contribution in [3.8, 4) is 5.88 Å². The zero-order chi connectivity index (χ0) is 19.7. The van der Waals surface area contributed by atoms with Crippen molar-refractivity contribution in [2.45, 2.75) is 46.6 Å². The molecule has 1 aromatic rings. The van der Waals surface area contributed by atoms with Crippen LogP contribution < -0.4 is 4.74 Å². The minimum absolute atomic E-state index is 0.0798. The Hall–Kier alpha value is -0.730. The van der Waals surface area contributed by atoms with Gasteiger partial charge < -0.3 is 18.7 Å². The third-order valence-electron chi connectivity index (χ3n) is 2.96. The molecule has 0 aliphatic heterocycles. The Bertz CT molecular complexity index is 644. The second-order valence-corrected chi connectivity index (χ2v) is 12.4.